The molecule has 1 N–H and O–H groups in total. The Morgan fingerprint density at radius 1 is 1.50 bits per heavy atom. The highest BCUT2D eigenvalue weighted by Gasteiger charge is 2.29. The second kappa shape index (κ2) is 7.07. The predicted octanol–water partition coefficient (Wildman–Crippen LogP) is 2.06. The molecule has 4 nitrogen and oxygen atoms in total. The smallest absolute Gasteiger partial charge is 0.119 e. The van der Waals surface area contributed by atoms with E-state index in [9.17, 15) is 0 Å². The molecule has 1 aromatic rings. The van der Waals surface area contributed by atoms with E-state index in [4.69, 9.17) is 9.47 Å². The van der Waals surface area contributed by atoms with Gasteiger partial charge in [-0.3, -0.25) is 4.90 Å². The largest absolute Gasteiger partial charge is 0.497 e. The van der Waals surface area contributed by atoms with E-state index in [1.807, 2.05) is 19.2 Å². The molecule has 1 saturated heterocycles. The first kappa shape index (κ1) is 15.3. The van der Waals surface area contributed by atoms with Crippen molar-refractivity contribution < 1.29 is 9.47 Å². The Bertz CT molecular complexity index is 425. The number of rotatable bonds is 6. The van der Waals surface area contributed by atoms with Crippen molar-refractivity contribution in [3.8, 4) is 5.75 Å². The number of ether oxygens (including phenoxy) is 2. The van der Waals surface area contributed by atoms with Crippen LogP contribution in [0.25, 0.3) is 0 Å². The average molecular weight is 278 g/mol. The Morgan fingerprint density at radius 3 is 2.90 bits per heavy atom. The average Bonchev–Trinajstić information content (AvgIpc) is 2.90. The minimum atomic E-state index is 0.294. The van der Waals surface area contributed by atoms with Crippen LogP contribution < -0.4 is 10.1 Å². The van der Waals surface area contributed by atoms with Gasteiger partial charge in [0, 0.05) is 25.2 Å². The Balaban J connectivity index is 2.04. The fourth-order valence-corrected chi connectivity index (χ4v) is 2.94. The third-order valence-corrected chi connectivity index (χ3v) is 4.22. The van der Waals surface area contributed by atoms with Crippen molar-refractivity contribution in [3.63, 3.8) is 0 Å². The van der Waals surface area contributed by atoms with Crippen molar-refractivity contribution >= 4 is 0 Å². The van der Waals surface area contributed by atoms with Gasteiger partial charge in [0.15, 0.2) is 0 Å². The molecule has 4 heteroatoms. The molecule has 1 fully saturated rings. The first-order valence-corrected chi connectivity index (χ1v) is 7.28. The molecule has 1 heterocycles. The molecule has 0 saturated carbocycles. The van der Waals surface area contributed by atoms with Gasteiger partial charge in [0.1, 0.15) is 5.75 Å². The van der Waals surface area contributed by atoms with Crippen LogP contribution in [0.3, 0.4) is 0 Å². The maximum absolute atomic E-state index is 5.66. The molecule has 0 bridgehead atoms. The van der Waals surface area contributed by atoms with Crippen molar-refractivity contribution in [2.45, 2.75) is 31.5 Å². The van der Waals surface area contributed by atoms with E-state index in [0.29, 0.717) is 18.2 Å². The first-order chi connectivity index (χ1) is 9.65. The third-order valence-electron chi connectivity index (χ3n) is 4.22. The summed E-state index contributed by atoms with van der Waals surface area (Å²) in [7, 11) is 5.89. The lowest BCUT2D eigenvalue weighted by molar-refractivity contribution is 0.0806. The molecule has 0 amide bonds. The SMILES string of the molecule is CNC(CN(C)C1CCOC1C)c1cccc(OC)c1. The zero-order valence-electron chi connectivity index (χ0n) is 12.9. The highest BCUT2D eigenvalue weighted by atomic mass is 16.5. The number of benzene rings is 1. The fraction of sp³-hybridized carbons (Fsp3) is 0.625. The minimum Gasteiger partial charge on any atom is -0.497 e. The molecule has 2 rings (SSSR count). The Morgan fingerprint density at radius 2 is 2.30 bits per heavy atom. The van der Waals surface area contributed by atoms with Crippen molar-refractivity contribution in [1.29, 1.82) is 0 Å². The predicted molar refractivity (Wildman–Crippen MR) is 81.2 cm³/mol. The number of hydrogen-bond acceptors (Lipinski definition) is 4. The lowest BCUT2D eigenvalue weighted by Crippen LogP contribution is -2.41. The standard InChI is InChI=1S/C16H26N2O2/c1-12-16(8-9-20-12)18(3)11-15(17-2)13-6-5-7-14(10-13)19-4/h5-7,10,12,15-17H,8-9,11H2,1-4H3. The second-order valence-electron chi connectivity index (χ2n) is 5.49. The van der Waals surface area contributed by atoms with E-state index < -0.39 is 0 Å². The van der Waals surface area contributed by atoms with Gasteiger partial charge < -0.3 is 14.8 Å². The van der Waals surface area contributed by atoms with E-state index in [0.717, 1.165) is 25.3 Å². The molecule has 1 aromatic carbocycles. The van der Waals surface area contributed by atoms with Crippen LogP contribution in [-0.4, -0.2) is 51.4 Å². The van der Waals surface area contributed by atoms with E-state index in [1.165, 1.54) is 5.56 Å². The first-order valence-electron chi connectivity index (χ1n) is 7.28. The van der Waals surface area contributed by atoms with E-state index in [2.05, 4.69) is 36.3 Å². The Hall–Kier alpha value is -1.10. The van der Waals surface area contributed by atoms with Gasteiger partial charge in [0.2, 0.25) is 0 Å². The Kier molecular flexibility index (Phi) is 5.40. The fourth-order valence-electron chi connectivity index (χ4n) is 2.94. The molecule has 0 radical (unpaired) electrons. The molecule has 0 spiro atoms. The van der Waals surface area contributed by atoms with Crippen LogP contribution >= 0.6 is 0 Å². The molecule has 3 atom stereocenters. The number of nitrogens with one attached hydrogen (secondary N) is 1. The summed E-state index contributed by atoms with van der Waals surface area (Å²) >= 11 is 0. The van der Waals surface area contributed by atoms with E-state index in [-0.39, 0.29) is 0 Å². The summed E-state index contributed by atoms with van der Waals surface area (Å²) < 4.78 is 11.0. The highest BCUT2D eigenvalue weighted by molar-refractivity contribution is 5.30. The van der Waals surface area contributed by atoms with Gasteiger partial charge >= 0.3 is 0 Å². The molecule has 0 aliphatic carbocycles. The third kappa shape index (κ3) is 3.51. The normalized spacial score (nSPS) is 24.1. The maximum Gasteiger partial charge on any atom is 0.119 e. The zero-order chi connectivity index (χ0) is 14.5. The summed E-state index contributed by atoms with van der Waals surface area (Å²) in [5.74, 6) is 0.906. The number of methoxy groups -OCH3 is 1. The zero-order valence-corrected chi connectivity index (χ0v) is 12.9. The van der Waals surface area contributed by atoms with E-state index >= 15 is 0 Å². The summed E-state index contributed by atoms with van der Waals surface area (Å²) in [6.07, 6.45) is 1.44. The molecule has 20 heavy (non-hydrogen) atoms. The van der Waals surface area contributed by atoms with Gasteiger partial charge in [0.05, 0.1) is 13.2 Å². The quantitative estimate of drug-likeness (QED) is 0.863. The van der Waals surface area contributed by atoms with Crippen LogP contribution in [0.1, 0.15) is 24.9 Å². The monoisotopic (exact) mass is 278 g/mol. The van der Waals surface area contributed by atoms with Gasteiger partial charge in [-0.05, 0) is 45.1 Å². The van der Waals surface area contributed by atoms with Gasteiger partial charge in [0.25, 0.3) is 0 Å². The molecule has 3 unspecified atom stereocenters. The number of hydrogen-bond donors (Lipinski definition) is 1. The summed E-state index contributed by atoms with van der Waals surface area (Å²) in [6, 6.07) is 9.07. The van der Waals surface area contributed by atoms with Gasteiger partial charge in [-0.15, -0.1) is 0 Å². The van der Waals surface area contributed by atoms with Crippen molar-refractivity contribution in [2.75, 3.05) is 34.4 Å². The number of nitrogens with zero attached hydrogens (tertiary/aromatic N) is 1. The molecule has 1 aliphatic rings. The van der Waals surface area contributed by atoms with Crippen LogP contribution in [0, 0.1) is 0 Å². The van der Waals surface area contributed by atoms with Crippen LogP contribution in [0.2, 0.25) is 0 Å². The van der Waals surface area contributed by atoms with Crippen LogP contribution in [0.15, 0.2) is 24.3 Å². The lowest BCUT2D eigenvalue weighted by atomic mass is 10.0. The maximum atomic E-state index is 5.66. The van der Waals surface area contributed by atoms with Gasteiger partial charge in [-0.25, -0.2) is 0 Å². The summed E-state index contributed by atoms with van der Waals surface area (Å²) in [6.45, 7) is 4.00. The summed E-state index contributed by atoms with van der Waals surface area (Å²) in [4.78, 5) is 2.40. The minimum absolute atomic E-state index is 0.294. The van der Waals surface area contributed by atoms with E-state index in [1.54, 1.807) is 7.11 Å². The summed E-state index contributed by atoms with van der Waals surface area (Å²) in [5, 5.41) is 3.40. The van der Waals surface area contributed by atoms with Crippen molar-refractivity contribution in [3.05, 3.63) is 29.8 Å². The lowest BCUT2D eigenvalue weighted by Gasteiger charge is -2.30. The van der Waals surface area contributed by atoms with Crippen LogP contribution in [-0.2, 0) is 4.74 Å². The van der Waals surface area contributed by atoms with Gasteiger partial charge in [-0.1, -0.05) is 12.1 Å². The van der Waals surface area contributed by atoms with Gasteiger partial charge in [-0.2, -0.15) is 0 Å². The van der Waals surface area contributed by atoms with Crippen LogP contribution in [0.5, 0.6) is 5.75 Å². The molecule has 0 aromatic heterocycles. The number of likely N-dealkylation sites (N-methyl/N-ethyl adjacent to an activating group) is 2. The topological polar surface area (TPSA) is 33.7 Å². The van der Waals surface area contributed by atoms with Crippen LogP contribution in [0.4, 0.5) is 0 Å². The van der Waals surface area contributed by atoms with Crippen molar-refractivity contribution in [2.24, 2.45) is 0 Å². The Labute approximate surface area is 122 Å². The molecule has 1 aliphatic heterocycles. The molecular weight excluding hydrogens is 252 g/mol. The second-order valence-corrected chi connectivity index (χ2v) is 5.49. The molecular formula is C16H26N2O2. The van der Waals surface area contributed by atoms with Crippen molar-refractivity contribution in [1.82, 2.24) is 10.2 Å². The highest BCUT2D eigenvalue weighted by Crippen LogP contribution is 2.23. The molecule has 112 valence electrons. The summed E-state index contributed by atoms with van der Waals surface area (Å²) in [5.41, 5.74) is 1.25.